The molecule has 3 saturated heterocycles. The highest BCUT2D eigenvalue weighted by Crippen LogP contribution is 2.34. The van der Waals surface area contributed by atoms with Crippen molar-refractivity contribution >= 4 is 17.7 Å². The van der Waals surface area contributed by atoms with Gasteiger partial charge in [-0.25, -0.2) is 0 Å². The highest BCUT2D eigenvalue weighted by molar-refractivity contribution is 7.99. The standard InChI is InChI=1S/C24H39N5OS/c1-2-25-23(27-19-24(10-17-31-20-24)29-13-15-30-16-14-29)26-18-22(28-11-6-7-12-28)21-8-4-3-5-9-21/h3-5,8-9,22H,2,6-7,10-20H2,1H3,(H2,25,26,27). The smallest absolute Gasteiger partial charge is 0.191 e. The zero-order chi connectivity index (χ0) is 21.4. The van der Waals surface area contributed by atoms with E-state index in [1.807, 2.05) is 0 Å². The number of thioether (sulfide) groups is 1. The van der Waals surface area contributed by atoms with Crippen LogP contribution >= 0.6 is 11.8 Å². The molecule has 4 rings (SSSR count). The first-order chi connectivity index (χ1) is 15.3. The third kappa shape index (κ3) is 5.95. The van der Waals surface area contributed by atoms with Gasteiger partial charge in [-0.1, -0.05) is 30.3 Å². The SMILES string of the molecule is CCNC(=NCC1(N2CCOCC2)CCSC1)NCC(c1ccccc1)N1CCCC1. The van der Waals surface area contributed by atoms with Crippen molar-refractivity contribution in [3.63, 3.8) is 0 Å². The van der Waals surface area contributed by atoms with Crippen LogP contribution in [0.4, 0.5) is 0 Å². The Morgan fingerprint density at radius 1 is 1.13 bits per heavy atom. The Labute approximate surface area is 192 Å². The van der Waals surface area contributed by atoms with Crippen LogP contribution < -0.4 is 10.6 Å². The number of likely N-dealkylation sites (tertiary alicyclic amines) is 1. The van der Waals surface area contributed by atoms with E-state index in [-0.39, 0.29) is 5.54 Å². The second kappa shape index (κ2) is 11.5. The number of nitrogens with zero attached hydrogens (tertiary/aromatic N) is 3. The zero-order valence-corrected chi connectivity index (χ0v) is 19.8. The Bertz CT molecular complexity index is 682. The molecule has 3 heterocycles. The van der Waals surface area contributed by atoms with E-state index < -0.39 is 0 Å². The molecule has 172 valence electrons. The topological polar surface area (TPSA) is 52.1 Å². The van der Waals surface area contributed by atoms with Crippen LogP contribution in [0.2, 0.25) is 0 Å². The fraction of sp³-hybridized carbons (Fsp3) is 0.708. The summed E-state index contributed by atoms with van der Waals surface area (Å²) in [7, 11) is 0. The summed E-state index contributed by atoms with van der Waals surface area (Å²) in [6.07, 6.45) is 3.83. The van der Waals surface area contributed by atoms with Gasteiger partial charge in [0, 0.05) is 31.9 Å². The molecule has 2 atom stereocenters. The average Bonchev–Trinajstić information content (AvgIpc) is 3.52. The fourth-order valence-corrected chi connectivity index (χ4v) is 6.52. The Kier molecular flexibility index (Phi) is 8.53. The highest BCUT2D eigenvalue weighted by atomic mass is 32.2. The van der Waals surface area contributed by atoms with Gasteiger partial charge in [-0.2, -0.15) is 11.8 Å². The van der Waals surface area contributed by atoms with Crippen LogP contribution in [-0.4, -0.2) is 91.8 Å². The van der Waals surface area contributed by atoms with Gasteiger partial charge in [-0.15, -0.1) is 0 Å². The van der Waals surface area contributed by atoms with Gasteiger partial charge < -0.3 is 15.4 Å². The molecule has 2 unspecified atom stereocenters. The maximum Gasteiger partial charge on any atom is 0.191 e. The summed E-state index contributed by atoms with van der Waals surface area (Å²) in [5.41, 5.74) is 1.58. The van der Waals surface area contributed by atoms with Gasteiger partial charge in [0.1, 0.15) is 0 Å². The van der Waals surface area contributed by atoms with Gasteiger partial charge in [0.15, 0.2) is 5.96 Å². The molecule has 31 heavy (non-hydrogen) atoms. The summed E-state index contributed by atoms with van der Waals surface area (Å²) in [5.74, 6) is 3.37. The maximum atomic E-state index is 5.61. The van der Waals surface area contributed by atoms with E-state index in [1.54, 1.807) is 0 Å². The van der Waals surface area contributed by atoms with Crippen LogP contribution in [0.5, 0.6) is 0 Å². The van der Waals surface area contributed by atoms with Gasteiger partial charge in [-0.3, -0.25) is 14.8 Å². The van der Waals surface area contributed by atoms with Crippen LogP contribution in [0.3, 0.4) is 0 Å². The number of hydrogen-bond donors (Lipinski definition) is 2. The van der Waals surface area contributed by atoms with E-state index in [0.29, 0.717) is 6.04 Å². The highest BCUT2D eigenvalue weighted by Gasteiger charge is 2.40. The molecule has 3 aliphatic heterocycles. The van der Waals surface area contributed by atoms with Crippen molar-refractivity contribution < 1.29 is 4.74 Å². The molecule has 0 saturated carbocycles. The van der Waals surface area contributed by atoms with Crippen molar-refractivity contribution in [2.45, 2.75) is 37.8 Å². The largest absolute Gasteiger partial charge is 0.379 e. The van der Waals surface area contributed by atoms with E-state index in [1.165, 1.54) is 49.4 Å². The molecule has 0 bridgehead atoms. The molecule has 3 fully saturated rings. The summed E-state index contributed by atoms with van der Waals surface area (Å²) >= 11 is 2.07. The lowest BCUT2D eigenvalue weighted by atomic mass is 9.96. The minimum absolute atomic E-state index is 0.185. The van der Waals surface area contributed by atoms with Crippen LogP contribution in [0.15, 0.2) is 35.3 Å². The number of morpholine rings is 1. The molecule has 0 radical (unpaired) electrons. The van der Waals surface area contributed by atoms with Crippen molar-refractivity contribution in [3.05, 3.63) is 35.9 Å². The molecule has 0 amide bonds. The van der Waals surface area contributed by atoms with Gasteiger partial charge in [0.2, 0.25) is 0 Å². The number of ether oxygens (including phenoxy) is 1. The molecule has 0 spiro atoms. The lowest BCUT2D eigenvalue weighted by Gasteiger charge is -2.42. The van der Waals surface area contributed by atoms with Crippen molar-refractivity contribution in [3.8, 4) is 0 Å². The fourth-order valence-electron chi connectivity index (χ4n) is 5.06. The second-order valence-corrected chi connectivity index (χ2v) is 9.98. The number of nitrogens with one attached hydrogen (secondary N) is 2. The van der Waals surface area contributed by atoms with E-state index in [2.05, 4.69) is 69.5 Å². The second-order valence-electron chi connectivity index (χ2n) is 8.87. The van der Waals surface area contributed by atoms with Gasteiger partial charge in [-0.05, 0) is 50.6 Å². The number of benzene rings is 1. The van der Waals surface area contributed by atoms with E-state index >= 15 is 0 Å². The van der Waals surface area contributed by atoms with Crippen LogP contribution in [0, 0.1) is 0 Å². The Morgan fingerprint density at radius 3 is 2.58 bits per heavy atom. The summed E-state index contributed by atoms with van der Waals surface area (Å²) in [6.45, 7) is 10.9. The normalized spacial score (nSPS) is 26.8. The minimum atomic E-state index is 0.185. The number of guanidine groups is 1. The molecule has 6 nitrogen and oxygen atoms in total. The first-order valence-corrected chi connectivity index (χ1v) is 13.2. The summed E-state index contributed by atoms with van der Waals surface area (Å²) in [6, 6.07) is 11.3. The Balaban J connectivity index is 1.44. The molecule has 3 aliphatic rings. The lowest BCUT2D eigenvalue weighted by molar-refractivity contribution is -0.0104. The number of aliphatic imine (C=N–C) groups is 1. The van der Waals surface area contributed by atoms with Crippen LogP contribution in [0.1, 0.15) is 37.8 Å². The Hall–Kier alpha value is -1.28. The lowest BCUT2D eigenvalue weighted by Crippen LogP contribution is -2.56. The Morgan fingerprint density at radius 2 is 1.90 bits per heavy atom. The first-order valence-electron chi connectivity index (χ1n) is 12.0. The molecule has 1 aromatic carbocycles. The molecule has 2 N–H and O–H groups in total. The van der Waals surface area contributed by atoms with Gasteiger partial charge in [0.05, 0.1) is 31.3 Å². The monoisotopic (exact) mass is 445 g/mol. The quantitative estimate of drug-likeness (QED) is 0.474. The molecule has 0 aromatic heterocycles. The molecular formula is C24H39N5OS. The third-order valence-corrected chi connectivity index (χ3v) is 8.10. The van der Waals surface area contributed by atoms with Crippen molar-refractivity contribution in [2.75, 3.05) is 70.5 Å². The number of hydrogen-bond acceptors (Lipinski definition) is 5. The van der Waals surface area contributed by atoms with Crippen LogP contribution in [-0.2, 0) is 4.74 Å². The predicted molar refractivity (Wildman–Crippen MR) is 131 cm³/mol. The van der Waals surface area contributed by atoms with E-state index in [9.17, 15) is 0 Å². The first kappa shape index (κ1) is 22.9. The van der Waals surface area contributed by atoms with Crippen molar-refractivity contribution in [1.82, 2.24) is 20.4 Å². The molecular weight excluding hydrogens is 406 g/mol. The molecule has 1 aromatic rings. The molecule has 7 heteroatoms. The van der Waals surface area contributed by atoms with Crippen molar-refractivity contribution in [2.24, 2.45) is 4.99 Å². The minimum Gasteiger partial charge on any atom is -0.379 e. The maximum absolute atomic E-state index is 5.61. The summed E-state index contributed by atoms with van der Waals surface area (Å²) in [5, 5.41) is 7.18. The average molecular weight is 446 g/mol. The van der Waals surface area contributed by atoms with Crippen molar-refractivity contribution in [1.29, 1.82) is 0 Å². The third-order valence-electron chi connectivity index (χ3n) is 6.87. The molecule has 0 aliphatic carbocycles. The zero-order valence-electron chi connectivity index (χ0n) is 19.0. The van der Waals surface area contributed by atoms with Gasteiger partial charge in [0.25, 0.3) is 0 Å². The van der Waals surface area contributed by atoms with E-state index in [4.69, 9.17) is 9.73 Å². The summed E-state index contributed by atoms with van der Waals surface area (Å²) < 4.78 is 5.61. The van der Waals surface area contributed by atoms with Gasteiger partial charge >= 0.3 is 0 Å². The predicted octanol–water partition coefficient (Wildman–Crippen LogP) is 2.59. The summed E-state index contributed by atoms with van der Waals surface area (Å²) in [4.78, 5) is 10.4. The van der Waals surface area contributed by atoms with Crippen LogP contribution in [0.25, 0.3) is 0 Å². The van der Waals surface area contributed by atoms with E-state index in [0.717, 1.165) is 51.9 Å². The number of rotatable bonds is 8.